The van der Waals surface area contributed by atoms with Crippen LogP contribution in [-0.4, -0.2) is 28.0 Å². The minimum atomic E-state index is -1.02. The molecule has 1 aromatic heterocycles. The summed E-state index contributed by atoms with van der Waals surface area (Å²) < 4.78 is 5.75. The molecule has 0 saturated carbocycles. The summed E-state index contributed by atoms with van der Waals surface area (Å²) in [6.07, 6.45) is 1.36. The van der Waals surface area contributed by atoms with E-state index in [9.17, 15) is 14.4 Å². The van der Waals surface area contributed by atoms with Crippen LogP contribution in [0.5, 0.6) is 0 Å². The van der Waals surface area contributed by atoms with E-state index >= 15 is 0 Å². The molecule has 1 saturated heterocycles. The second-order valence-electron chi connectivity index (χ2n) is 6.88. The summed E-state index contributed by atoms with van der Waals surface area (Å²) in [7, 11) is 0. The highest BCUT2D eigenvalue weighted by atomic mass is 32.1. The first-order chi connectivity index (χ1) is 14.8. The first-order valence-electron chi connectivity index (χ1n) is 9.25. The Labute approximate surface area is 182 Å². The molecule has 0 spiro atoms. The third kappa shape index (κ3) is 4.01. The molecule has 154 valence electrons. The lowest BCUT2D eigenvalue weighted by Gasteiger charge is -2.28. The van der Waals surface area contributed by atoms with Crippen LogP contribution < -0.4 is 10.2 Å². The third-order valence-electron chi connectivity index (χ3n) is 4.72. The van der Waals surface area contributed by atoms with E-state index in [-0.39, 0.29) is 16.2 Å². The number of carboxylic acids is 1. The van der Waals surface area contributed by atoms with Gasteiger partial charge >= 0.3 is 5.97 Å². The second kappa shape index (κ2) is 8.00. The van der Waals surface area contributed by atoms with Crippen molar-refractivity contribution in [2.45, 2.75) is 6.92 Å². The molecule has 0 atom stereocenters. The number of benzene rings is 2. The second-order valence-corrected chi connectivity index (χ2v) is 7.26. The summed E-state index contributed by atoms with van der Waals surface area (Å²) in [4.78, 5) is 37.7. The molecule has 0 bridgehead atoms. The lowest BCUT2D eigenvalue weighted by atomic mass is 10.1. The summed E-state index contributed by atoms with van der Waals surface area (Å²) in [6.45, 7) is 1.93. The number of aromatic carboxylic acids is 1. The van der Waals surface area contributed by atoms with Gasteiger partial charge < -0.3 is 9.52 Å². The number of rotatable bonds is 4. The summed E-state index contributed by atoms with van der Waals surface area (Å²) in [5.74, 6) is -1.41. The zero-order chi connectivity index (χ0) is 22.1. The van der Waals surface area contributed by atoms with Gasteiger partial charge in [0.15, 0.2) is 5.11 Å². The molecule has 7 nitrogen and oxygen atoms in total. The van der Waals surface area contributed by atoms with Gasteiger partial charge in [-0.3, -0.25) is 19.8 Å². The number of furan rings is 1. The van der Waals surface area contributed by atoms with Gasteiger partial charge in [0.1, 0.15) is 17.1 Å². The molecule has 2 heterocycles. The molecule has 2 N–H and O–H groups in total. The quantitative estimate of drug-likeness (QED) is 0.370. The molecular weight excluding hydrogens is 416 g/mol. The highest BCUT2D eigenvalue weighted by molar-refractivity contribution is 7.80. The average Bonchev–Trinajstić information content (AvgIpc) is 3.21. The van der Waals surface area contributed by atoms with Gasteiger partial charge in [0.05, 0.1) is 11.3 Å². The van der Waals surface area contributed by atoms with Crippen molar-refractivity contribution >= 4 is 46.9 Å². The molecule has 2 aromatic carbocycles. The number of thiocarbonyl (C=S) groups is 1. The fraction of sp³-hybridized carbons (Fsp3) is 0.0435. The van der Waals surface area contributed by atoms with E-state index in [1.807, 2.05) is 19.1 Å². The van der Waals surface area contributed by atoms with Gasteiger partial charge in [-0.25, -0.2) is 4.79 Å². The number of amides is 2. The van der Waals surface area contributed by atoms with E-state index in [1.54, 1.807) is 36.4 Å². The van der Waals surface area contributed by atoms with Crippen LogP contribution in [0.2, 0.25) is 0 Å². The Morgan fingerprint density at radius 3 is 2.35 bits per heavy atom. The number of aryl methyl sites for hydroxylation is 1. The molecule has 8 heteroatoms. The highest BCUT2D eigenvalue weighted by Gasteiger charge is 2.34. The zero-order valence-electron chi connectivity index (χ0n) is 16.3. The maximum atomic E-state index is 13.0. The van der Waals surface area contributed by atoms with E-state index in [2.05, 4.69) is 5.32 Å². The first kappa shape index (κ1) is 20.2. The normalized spacial score (nSPS) is 15.3. The van der Waals surface area contributed by atoms with Gasteiger partial charge in [0.25, 0.3) is 11.8 Å². The van der Waals surface area contributed by atoms with Gasteiger partial charge in [0, 0.05) is 5.56 Å². The fourth-order valence-corrected chi connectivity index (χ4v) is 3.37. The fourth-order valence-electron chi connectivity index (χ4n) is 3.09. The smallest absolute Gasteiger partial charge is 0.335 e. The Hall–Kier alpha value is -4.04. The Kier molecular flexibility index (Phi) is 5.22. The van der Waals surface area contributed by atoms with Crippen molar-refractivity contribution in [3.05, 3.63) is 83.1 Å². The van der Waals surface area contributed by atoms with Gasteiger partial charge in [-0.15, -0.1) is 0 Å². The van der Waals surface area contributed by atoms with Crippen molar-refractivity contribution in [3.63, 3.8) is 0 Å². The number of anilines is 1. The van der Waals surface area contributed by atoms with E-state index in [0.29, 0.717) is 22.8 Å². The Bertz CT molecular complexity index is 1240. The molecule has 1 fully saturated rings. The summed E-state index contributed by atoms with van der Waals surface area (Å²) in [6, 6.07) is 16.7. The number of hydrogen-bond acceptors (Lipinski definition) is 5. The maximum Gasteiger partial charge on any atom is 0.335 e. The largest absolute Gasteiger partial charge is 0.478 e. The minimum absolute atomic E-state index is 0.00894. The number of nitrogens with one attached hydrogen (secondary N) is 1. The molecule has 0 radical (unpaired) electrons. The van der Waals surface area contributed by atoms with Crippen LogP contribution in [0, 0.1) is 6.92 Å². The first-order valence-corrected chi connectivity index (χ1v) is 9.66. The highest BCUT2D eigenvalue weighted by Crippen LogP contribution is 2.26. The SMILES string of the molecule is Cc1ccc(N2C(=O)/C(=C\c3ccc(-c4ccc(C(=O)O)cc4)o3)C(=O)NC2=S)cc1. The third-order valence-corrected chi connectivity index (χ3v) is 5.01. The predicted molar refractivity (Wildman–Crippen MR) is 118 cm³/mol. The zero-order valence-corrected chi connectivity index (χ0v) is 17.1. The van der Waals surface area contributed by atoms with Crippen LogP contribution in [0.15, 0.2) is 70.7 Å². The molecule has 2 amide bonds. The van der Waals surface area contributed by atoms with Crippen LogP contribution in [0.4, 0.5) is 5.69 Å². The van der Waals surface area contributed by atoms with Crippen molar-refractivity contribution in [2.75, 3.05) is 4.90 Å². The molecule has 0 aliphatic carbocycles. The summed E-state index contributed by atoms with van der Waals surface area (Å²) in [5.41, 5.74) is 2.28. The summed E-state index contributed by atoms with van der Waals surface area (Å²) in [5, 5.41) is 11.5. The molecule has 0 unspecified atom stereocenters. The molecule has 4 rings (SSSR count). The molecular formula is C23H16N2O5S. The van der Waals surface area contributed by atoms with Gasteiger partial charge in [-0.2, -0.15) is 0 Å². The lowest BCUT2D eigenvalue weighted by molar-refractivity contribution is -0.122. The van der Waals surface area contributed by atoms with Crippen molar-refractivity contribution in [3.8, 4) is 11.3 Å². The molecule has 1 aliphatic heterocycles. The van der Waals surface area contributed by atoms with Crippen molar-refractivity contribution in [1.29, 1.82) is 0 Å². The van der Waals surface area contributed by atoms with Crippen LogP contribution in [-0.2, 0) is 9.59 Å². The van der Waals surface area contributed by atoms with Crippen molar-refractivity contribution in [1.82, 2.24) is 5.32 Å². The van der Waals surface area contributed by atoms with E-state index in [4.69, 9.17) is 21.7 Å². The van der Waals surface area contributed by atoms with E-state index in [0.717, 1.165) is 5.56 Å². The predicted octanol–water partition coefficient (Wildman–Crippen LogP) is 3.78. The number of nitrogens with zero attached hydrogens (tertiary/aromatic N) is 1. The van der Waals surface area contributed by atoms with Crippen LogP contribution >= 0.6 is 12.2 Å². The number of carboxylic acid groups (broad SMARTS) is 1. The molecule has 3 aromatic rings. The number of carbonyl (C=O) groups is 3. The van der Waals surface area contributed by atoms with Crippen LogP contribution in [0.1, 0.15) is 21.7 Å². The van der Waals surface area contributed by atoms with Gasteiger partial charge in [0.2, 0.25) is 0 Å². The number of carbonyl (C=O) groups excluding carboxylic acids is 2. The van der Waals surface area contributed by atoms with Gasteiger partial charge in [-0.05, 0) is 61.6 Å². The van der Waals surface area contributed by atoms with Crippen LogP contribution in [0.3, 0.4) is 0 Å². The van der Waals surface area contributed by atoms with Crippen molar-refractivity contribution in [2.24, 2.45) is 0 Å². The Morgan fingerprint density at radius 2 is 1.71 bits per heavy atom. The average molecular weight is 432 g/mol. The Morgan fingerprint density at radius 1 is 1.03 bits per heavy atom. The lowest BCUT2D eigenvalue weighted by Crippen LogP contribution is -2.54. The standard InChI is InChI=1S/C23H16N2O5S/c1-13-2-8-16(9-3-13)25-21(27)18(20(26)24-23(25)31)12-17-10-11-19(30-17)14-4-6-15(7-5-14)22(28)29/h2-12H,1H3,(H,28,29)(H,24,26,31)/b18-12-. The van der Waals surface area contributed by atoms with Gasteiger partial charge in [-0.1, -0.05) is 29.8 Å². The molecule has 1 aliphatic rings. The van der Waals surface area contributed by atoms with E-state index < -0.39 is 17.8 Å². The molecule has 31 heavy (non-hydrogen) atoms. The van der Waals surface area contributed by atoms with Crippen LogP contribution in [0.25, 0.3) is 17.4 Å². The number of hydrogen-bond donors (Lipinski definition) is 2. The minimum Gasteiger partial charge on any atom is -0.478 e. The maximum absolute atomic E-state index is 13.0. The Balaban J connectivity index is 1.63. The summed E-state index contributed by atoms with van der Waals surface area (Å²) >= 11 is 5.19. The van der Waals surface area contributed by atoms with Crippen molar-refractivity contribution < 1.29 is 23.9 Å². The van der Waals surface area contributed by atoms with E-state index in [1.165, 1.54) is 23.1 Å². The topological polar surface area (TPSA) is 99.8 Å². The monoisotopic (exact) mass is 432 g/mol.